The van der Waals surface area contributed by atoms with Crippen LogP contribution in [0, 0.1) is 6.92 Å². The van der Waals surface area contributed by atoms with Crippen LogP contribution in [0.15, 0.2) is 53.1 Å². The van der Waals surface area contributed by atoms with Crippen LogP contribution in [-0.2, 0) is 17.8 Å². The first-order valence-corrected chi connectivity index (χ1v) is 9.94. The summed E-state index contributed by atoms with van der Waals surface area (Å²) in [6, 6.07) is 16.2. The van der Waals surface area contributed by atoms with Gasteiger partial charge in [-0.2, -0.15) is 4.98 Å². The van der Waals surface area contributed by atoms with Crippen molar-refractivity contribution in [3.8, 4) is 17.1 Å². The number of carbonyl (C=O) groups is 1. The minimum absolute atomic E-state index is 0.136. The van der Waals surface area contributed by atoms with Gasteiger partial charge in [-0.1, -0.05) is 35.0 Å². The van der Waals surface area contributed by atoms with Gasteiger partial charge >= 0.3 is 0 Å². The molecule has 1 fully saturated rings. The molecule has 0 spiro atoms. The standard InChI is InChI=1S/C23H25N3O3/c1-16-3-5-17(6-4-16)15-26(19-9-10-19)22(27)14-13-21-24-23(25-29-21)18-7-11-20(28-2)12-8-18/h3-8,11-12,19H,9-10,13-15H2,1-2H3. The predicted molar refractivity (Wildman–Crippen MR) is 109 cm³/mol. The van der Waals surface area contributed by atoms with E-state index in [9.17, 15) is 4.79 Å². The minimum Gasteiger partial charge on any atom is -0.497 e. The van der Waals surface area contributed by atoms with Crippen molar-refractivity contribution in [2.45, 2.75) is 45.2 Å². The van der Waals surface area contributed by atoms with E-state index in [1.807, 2.05) is 29.2 Å². The van der Waals surface area contributed by atoms with Gasteiger partial charge in [-0.15, -0.1) is 0 Å². The van der Waals surface area contributed by atoms with Crippen LogP contribution in [0.3, 0.4) is 0 Å². The lowest BCUT2D eigenvalue weighted by Gasteiger charge is -2.22. The Balaban J connectivity index is 1.36. The summed E-state index contributed by atoms with van der Waals surface area (Å²) < 4.78 is 10.5. The molecule has 29 heavy (non-hydrogen) atoms. The second kappa shape index (κ2) is 8.47. The van der Waals surface area contributed by atoms with Crippen molar-refractivity contribution in [1.29, 1.82) is 0 Å². The van der Waals surface area contributed by atoms with Gasteiger partial charge in [0, 0.05) is 31.0 Å². The number of hydrogen-bond donors (Lipinski definition) is 0. The molecule has 0 radical (unpaired) electrons. The first-order valence-electron chi connectivity index (χ1n) is 9.94. The van der Waals surface area contributed by atoms with Crippen molar-refractivity contribution in [3.05, 3.63) is 65.5 Å². The van der Waals surface area contributed by atoms with E-state index in [0.29, 0.717) is 37.1 Å². The van der Waals surface area contributed by atoms with E-state index in [2.05, 4.69) is 41.3 Å². The van der Waals surface area contributed by atoms with E-state index >= 15 is 0 Å². The van der Waals surface area contributed by atoms with Crippen molar-refractivity contribution < 1.29 is 14.1 Å². The molecule has 0 bridgehead atoms. The Morgan fingerprint density at radius 1 is 1.14 bits per heavy atom. The Morgan fingerprint density at radius 2 is 1.86 bits per heavy atom. The molecule has 6 heteroatoms. The smallest absolute Gasteiger partial charge is 0.227 e. The van der Waals surface area contributed by atoms with Gasteiger partial charge in [0.1, 0.15) is 5.75 Å². The minimum atomic E-state index is 0.136. The Hall–Kier alpha value is -3.15. The monoisotopic (exact) mass is 391 g/mol. The quantitative estimate of drug-likeness (QED) is 0.576. The molecule has 2 aromatic carbocycles. The number of hydrogen-bond acceptors (Lipinski definition) is 5. The molecule has 1 saturated carbocycles. The van der Waals surface area contributed by atoms with Crippen molar-refractivity contribution in [2.24, 2.45) is 0 Å². The maximum Gasteiger partial charge on any atom is 0.227 e. The van der Waals surface area contributed by atoms with Crippen molar-refractivity contribution in [2.75, 3.05) is 7.11 Å². The molecule has 0 N–H and O–H groups in total. The van der Waals surface area contributed by atoms with E-state index < -0.39 is 0 Å². The predicted octanol–water partition coefficient (Wildman–Crippen LogP) is 4.18. The SMILES string of the molecule is COc1ccc(-c2noc(CCC(=O)N(Cc3ccc(C)cc3)C3CC3)n2)cc1. The molecule has 6 nitrogen and oxygen atoms in total. The summed E-state index contributed by atoms with van der Waals surface area (Å²) in [5.41, 5.74) is 3.24. The number of nitrogens with zero attached hydrogens (tertiary/aromatic N) is 3. The van der Waals surface area contributed by atoms with Crippen LogP contribution >= 0.6 is 0 Å². The molecular weight excluding hydrogens is 366 g/mol. The van der Waals surface area contributed by atoms with Crippen LogP contribution in [0.2, 0.25) is 0 Å². The summed E-state index contributed by atoms with van der Waals surface area (Å²) in [6.45, 7) is 2.73. The maximum atomic E-state index is 12.8. The van der Waals surface area contributed by atoms with Gasteiger partial charge in [0.2, 0.25) is 17.6 Å². The summed E-state index contributed by atoms with van der Waals surface area (Å²) >= 11 is 0. The lowest BCUT2D eigenvalue weighted by Crippen LogP contribution is -2.32. The fourth-order valence-corrected chi connectivity index (χ4v) is 3.27. The van der Waals surface area contributed by atoms with E-state index in [-0.39, 0.29) is 5.91 Å². The molecule has 1 aromatic heterocycles. The van der Waals surface area contributed by atoms with E-state index in [1.54, 1.807) is 7.11 Å². The molecule has 0 atom stereocenters. The summed E-state index contributed by atoms with van der Waals surface area (Å²) in [5, 5.41) is 4.04. The number of aryl methyl sites for hydroxylation is 2. The molecule has 0 unspecified atom stereocenters. The Kier molecular flexibility index (Phi) is 5.60. The second-order valence-electron chi connectivity index (χ2n) is 7.48. The molecule has 150 valence electrons. The highest BCUT2D eigenvalue weighted by Crippen LogP contribution is 2.29. The van der Waals surface area contributed by atoms with Crippen LogP contribution in [0.5, 0.6) is 5.75 Å². The zero-order chi connectivity index (χ0) is 20.2. The largest absolute Gasteiger partial charge is 0.497 e. The first kappa shape index (κ1) is 19.2. The van der Waals surface area contributed by atoms with Crippen molar-refractivity contribution >= 4 is 5.91 Å². The molecule has 1 aliphatic carbocycles. The van der Waals surface area contributed by atoms with Gasteiger partial charge < -0.3 is 14.2 Å². The van der Waals surface area contributed by atoms with Gasteiger partial charge in [-0.05, 0) is 49.6 Å². The number of methoxy groups -OCH3 is 1. The molecule has 1 aliphatic rings. The van der Waals surface area contributed by atoms with Gasteiger partial charge in [-0.25, -0.2) is 0 Å². The molecular formula is C23H25N3O3. The molecule has 3 aromatic rings. The van der Waals surface area contributed by atoms with Crippen molar-refractivity contribution in [1.82, 2.24) is 15.0 Å². The van der Waals surface area contributed by atoms with Gasteiger partial charge in [-0.3, -0.25) is 4.79 Å². The zero-order valence-electron chi connectivity index (χ0n) is 16.8. The van der Waals surface area contributed by atoms with Crippen molar-refractivity contribution in [3.63, 3.8) is 0 Å². The topological polar surface area (TPSA) is 68.5 Å². The normalized spacial score (nSPS) is 13.3. The average molecular weight is 391 g/mol. The third kappa shape index (κ3) is 4.83. The summed E-state index contributed by atoms with van der Waals surface area (Å²) in [6.07, 6.45) is 2.98. The van der Waals surface area contributed by atoms with Crippen LogP contribution in [-0.4, -0.2) is 34.1 Å². The third-order valence-electron chi connectivity index (χ3n) is 5.15. The highest BCUT2D eigenvalue weighted by atomic mass is 16.5. The van der Waals surface area contributed by atoms with Gasteiger partial charge in [0.15, 0.2) is 0 Å². The van der Waals surface area contributed by atoms with Crippen LogP contribution in [0.1, 0.15) is 36.3 Å². The fourth-order valence-electron chi connectivity index (χ4n) is 3.27. The lowest BCUT2D eigenvalue weighted by molar-refractivity contribution is -0.132. The van der Waals surface area contributed by atoms with E-state index in [0.717, 1.165) is 29.7 Å². The fraction of sp³-hybridized carbons (Fsp3) is 0.348. The average Bonchev–Trinajstić information content (AvgIpc) is 3.48. The Bertz CT molecular complexity index is 960. The van der Waals surface area contributed by atoms with Crippen LogP contribution in [0.4, 0.5) is 0 Å². The molecule has 0 aliphatic heterocycles. The summed E-state index contributed by atoms with van der Waals surface area (Å²) in [7, 11) is 1.63. The van der Waals surface area contributed by atoms with Gasteiger partial charge in [0.05, 0.1) is 7.11 Å². The lowest BCUT2D eigenvalue weighted by atomic mass is 10.1. The molecule has 1 heterocycles. The number of ether oxygens (including phenoxy) is 1. The van der Waals surface area contributed by atoms with E-state index in [1.165, 1.54) is 5.56 Å². The summed E-state index contributed by atoms with van der Waals surface area (Å²) in [5.74, 6) is 1.91. The molecule has 0 saturated heterocycles. The second-order valence-corrected chi connectivity index (χ2v) is 7.48. The Labute approximate surface area is 170 Å². The highest BCUT2D eigenvalue weighted by Gasteiger charge is 2.32. The number of amides is 1. The number of carbonyl (C=O) groups excluding carboxylic acids is 1. The third-order valence-corrected chi connectivity index (χ3v) is 5.15. The Morgan fingerprint density at radius 3 is 2.52 bits per heavy atom. The molecule has 4 rings (SSSR count). The first-order chi connectivity index (χ1) is 14.1. The molecule has 1 amide bonds. The number of rotatable bonds is 8. The summed E-state index contributed by atoms with van der Waals surface area (Å²) in [4.78, 5) is 19.3. The zero-order valence-corrected chi connectivity index (χ0v) is 16.8. The maximum absolute atomic E-state index is 12.8. The highest BCUT2D eigenvalue weighted by molar-refractivity contribution is 5.77. The van der Waals surface area contributed by atoms with Crippen LogP contribution < -0.4 is 4.74 Å². The van der Waals surface area contributed by atoms with Gasteiger partial charge in [0.25, 0.3) is 0 Å². The number of aromatic nitrogens is 2. The number of benzene rings is 2. The van der Waals surface area contributed by atoms with E-state index in [4.69, 9.17) is 9.26 Å². The van der Waals surface area contributed by atoms with Crippen LogP contribution in [0.25, 0.3) is 11.4 Å².